The van der Waals surface area contributed by atoms with E-state index in [4.69, 9.17) is 10.5 Å². The molecule has 0 fully saturated rings. The van der Waals surface area contributed by atoms with Gasteiger partial charge in [-0.15, -0.1) is 23.7 Å². The maximum atomic E-state index is 13.1. The van der Waals surface area contributed by atoms with Crippen LogP contribution in [0.2, 0.25) is 0 Å². The lowest BCUT2D eigenvalue weighted by Gasteiger charge is -2.18. The molecular weight excluding hydrogens is 433 g/mol. The number of H-pyrrole nitrogens is 1. The molecule has 2 aromatic heterocycles. The van der Waals surface area contributed by atoms with E-state index in [0.29, 0.717) is 23.3 Å². The Morgan fingerprint density at radius 3 is 2.90 bits per heavy atom. The summed E-state index contributed by atoms with van der Waals surface area (Å²) in [4.78, 5) is 25.5. The zero-order chi connectivity index (χ0) is 20.4. The normalized spacial score (nSPS) is 14.3. The molecule has 158 valence electrons. The third-order valence-electron chi connectivity index (χ3n) is 4.64. The van der Waals surface area contributed by atoms with Gasteiger partial charge in [0.05, 0.1) is 18.1 Å². The van der Waals surface area contributed by atoms with E-state index in [9.17, 15) is 14.0 Å². The topological polar surface area (TPSA) is 115 Å². The quantitative estimate of drug-likeness (QED) is 0.533. The van der Waals surface area contributed by atoms with Gasteiger partial charge in [0.25, 0.3) is 5.91 Å². The molecule has 30 heavy (non-hydrogen) atoms. The van der Waals surface area contributed by atoms with Gasteiger partial charge in [0.1, 0.15) is 12.1 Å². The van der Waals surface area contributed by atoms with Gasteiger partial charge in [-0.25, -0.2) is 14.3 Å². The molecule has 0 saturated heterocycles. The van der Waals surface area contributed by atoms with Gasteiger partial charge in [0.15, 0.2) is 6.61 Å². The van der Waals surface area contributed by atoms with Crippen molar-refractivity contribution in [3.05, 3.63) is 63.9 Å². The van der Waals surface area contributed by atoms with Crippen molar-refractivity contribution in [1.29, 1.82) is 0 Å². The van der Waals surface area contributed by atoms with E-state index in [-0.39, 0.29) is 43.6 Å². The lowest BCUT2D eigenvalue weighted by Crippen LogP contribution is -2.25. The van der Waals surface area contributed by atoms with E-state index in [1.54, 1.807) is 6.07 Å². The molecule has 0 bridgehead atoms. The molecule has 8 nitrogen and oxygen atoms in total. The molecule has 4 N–H and O–H groups in total. The lowest BCUT2D eigenvalue weighted by atomic mass is 10.1. The van der Waals surface area contributed by atoms with Gasteiger partial charge in [-0.05, 0) is 47.9 Å². The largest absolute Gasteiger partial charge is 0.482 e. The highest BCUT2D eigenvalue weighted by Gasteiger charge is 2.21. The first-order valence-corrected chi connectivity index (χ1v) is 9.67. The molecule has 1 aliphatic rings. The lowest BCUT2D eigenvalue weighted by molar-refractivity contribution is -0.118. The summed E-state index contributed by atoms with van der Waals surface area (Å²) in [6.07, 6.45) is 2.13. The number of fused-ring (bicyclic) bond motifs is 1. The monoisotopic (exact) mass is 451 g/mol. The molecule has 4 rings (SSSR count). The number of carbonyl (C=O) groups excluding carboxylic acids is 1. The fraction of sp³-hybridized carbons (Fsp3) is 0.211. The van der Waals surface area contributed by atoms with Crippen LogP contribution in [0.4, 0.5) is 10.1 Å². The number of halogens is 2. The number of hydrogen-bond donors (Lipinski definition) is 3. The SMILES string of the molecule is Cl.NC/C(=C/F)CC(c1ccc(-c2ccc3c(c2)NC(=O)CO3)s1)n1cn[nH]c1=O. The maximum absolute atomic E-state index is 13.1. The zero-order valence-electron chi connectivity index (χ0n) is 15.6. The second kappa shape index (κ2) is 9.24. The fourth-order valence-electron chi connectivity index (χ4n) is 3.16. The van der Waals surface area contributed by atoms with Crippen molar-refractivity contribution in [2.75, 3.05) is 18.5 Å². The Balaban J connectivity index is 0.00000256. The number of nitrogens with one attached hydrogen (secondary N) is 2. The number of ether oxygens (including phenoxy) is 1. The smallest absolute Gasteiger partial charge is 0.343 e. The van der Waals surface area contributed by atoms with Gasteiger partial charge in [-0.1, -0.05) is 0 Å². The van der Waals surface area contributed by atoms with E-state index in [2.05, 4.69) is 15.5 Å². The number of amides is 1. The van der Waals surface area contributed by atoms with Gasteiger partial charge in [-0.2, -0.15) is 5.10 Å². The average Bonchev–Trinajstić information content (AvgIpc) is 3.38. The van der Waals surface area contributed by atoms with Gasteiger partial charge in [0, 0.05) is 16.3 Å². The fourth-order valence-corrected chi connectivity index (χ4v) is 4.26. The van der Waals surface area contributed by atoms with Crippen LogP contribution in [0.15, 0.2) is 53.4 Å². The second-order valence-corrected chi connectivity index (χ2v) is 7.63. The minimum Gasteiger partial charge on any atom is -0.482 e. The van der Waals surface area contributed by atoms with Crippen LogP contribution in [0, 0.1) is 0 Å². The summed E-state index contributed by atoms with van der Waals surface area (Å²) in [7, 11) is 0. The molecule has 11 heteroatoms. The van der Waals surface area contributed by atoms with E-state index in [1.165, 1.54) is 22.2 Å². The molecule has 0 saturated carbocycles. The van der Waals surface area contributed by atoms with Crippen molar-refractivity contribution in [2.24, 2.45) is 5.73 Å². The Kier molecular flexibility index (Phi) is 6.70. The Morgan fingerprint density at radius 1 is 1.37 bits per heavy atom. The van der Waals surface area contributed by atoms with Gasteiger partial charge >= 0.3 is 5.69 Å². The number of hydrogen-bond acceptors (Lipinski definition) is 6. The van der Waals surface area contributed by atoms with Crippen molar-refractivity contribution < 1.29 is 13.9 Å². The molecule has 1 unspecified atom stereocenters. The third kappa shape index (κ3) is 4.30. The number of thiophene rings is 1. The number of nitrogens with zero attached hydrogens (tertiary/aromatic N) is 2. The zero-order valence-corrected chi connectivity index (χ0v) is 17.3. The molecule has 3 aromatic rings. The number of benzene rings is 1. The summed E-state index contributed by atoms with van der Waals surface area (Å²) in [5.41, 5.74) is 7.13. The van der Waals surface area contributed by atoms with Crippen LogP contribution in [-0.4, -0.2) is 33.8 Å². The Bertz CT molecular complexity index is 1140. The van der Waals surface area contributed by atoms with Crippen LogP contribution in [0.5, 0.6) is 5.75 Å². The number of aromatic nitrogens is 3. The van der Waals surface area contributed by atoms with E-state index < -0.39 is 6.04 Å². The number of anilines is 1. The minimum absolute atomic E-state index is 0. The molecule has 0 spiro atoms. The summed E-state index contributed by atoms with van der Waals surface area (Å²) in [6.45, 7) is 0.0601. The summed E-state index contributed by atoms with van der Waals surface area (Å²) >= 11 is 1.47. The molecule has 1 aromatic carbocycles. The standard InChI is InChI=1S/C19H18FN5O3S.ClH/c20-7-11(8-21)5-14(25-10-22-24-19(25)27)17-4-3-16(29-17)12-1-2-15-13(6-12)23-18(26)9-28-15;/h1-4,6-7,10,14H,5,8-9,21H2,(H,23,26)(H,24,27);1H/b11-7+;. The maximum Gasteiger partial charge on any atom is 0.343 e. The van der Waals surface area contributed by atoms with Gasteiger partial charge in [0.2, 0.25) is 0 Å². The summed E-state index contributed by atoms with van der Waals surface area (Å²) < 4.78 is 20.0. The van der Waals surface area contributed by atoms with Crippen LogP contribution >= 0.6 is 23.7 Å². The molecule has 1 amide bonds. The predicted octanol–water partition coefficient (Wildman–Crippen LogP) is 2.84. The number of nitrogens with two attached hydrogens (primary N) is 1. The van der Waals surface area contributed by atoms with E-state index >= 15 is 0 Å². The van der Waals surface area contributed by atoms with Crippen molar-refractivity contribution in [3.8, 4) is 16.2 Å². The van der Waals surface area contributed by atoms with Crippen LogP contribution < -0.4 is 21.5 Å². The average molecular weight is 452 g/mol. The molecule has 0 radical (unpaired) electrons. The first kappa shape index (κ1) is 21.8. The predicted molar refractivity (Wildman–Crippen MR) is 115 cm³/mol. The summed E-state index contributed by atoms with van der Waals surface area (Å²) in [6, 6.07) is 8.93. The van der Waals surface area contributed by atoms with Crippen LogP contribution in [0.1, 0.15) is 17.3 Å². The van der Waals surface area contributed by atoms with Crippen LogP contribution in [0.25, 0.3) is 10.4 Å². The number of aromatic amines is 1. The highest BCUT2D eigenvalue weighted by atomic mass is 35.5. The molecule has 1 atom stereocenters. The van der Waals surface area contributed by atoms with E-state index in [0.717, 1.165) is 15.3 Å². The van der Waals surface area contributed by atoms with Gasteiger partial charge in [-0.3, -0.25) is 9.36 Å². The van der Waals surface area contributed by atoms with E-state index in [1.807, 2.05) is 24.3 Å². The Hall–Kier alpha value is -2.95. The molecule has 3 heterocycles. The highest BCUT2D eigenvalue weighted by Crippen LogP contribution is 2.38. The van der Waals surface area contributed by atoms with Crippen LogP contribution in [-0.2, 0) is 4.79 Å². The third-order valence-corrected chi connectivity index (χ3v) is 5.87. The van der Waals surface area contributed by atoms with Crippen molar-refractivity contribution >= 4 is 35.3 Å². The molecular formula is C19H19ClFN5O3S. The van der Waals surface area contributed by atoms with Gasteiger partial charge < -0.3 is 15.8 Å². The Morgan fingerprint density at radius 2 is 2.20 bits per heavy atom. The Labute approximate surface area is 181 Å². The molecule has 1 aliphatic heterocycles. The van der Waals surface area contributed by atoms with Crippen molar-refractivity contribution in [3.63, 3.8) is 0 Å². The minimum atomic E-state index is -0.439. The second-order valence-electron chi connectivity index (χ2n) is 6.51. The van der Waals surface area contributed by atoms with Crippen LogP contribution in [0.3, 0.4) is 0 Å². The summed E-state index contributed by atoms with van der Waals surface area (Å²) in [5, 5.41) is 8.94. The van der Waals surface area contributed by atoms with Crippen molar-refractivity contribution in [1.82, 2.24) is 14.8 Å². The number of carbonyl (C=O) groups is 1. The highest BCUT2D eigenvalue weighted by molar-refractivity contribution is 7.15. The van der Waals surface area contributed by atoms with Crippen molar-refractivity contribution in [2.45, 2.75) is 12.5 Å². The first-order valence-electron chi connectivity index (χ1n) is 8.85. The summed E-state index contributed by atoms with van der Waals surface area (Å²) in [5.74, 6) is 0.418. The molecule has 0 aliphatic carbocycles. The first-order chi connectivity index (χ1) is 14.1. The number of rotatable bonds is 6.